The molecule has 13 heavy (non-hydrogen) atoms. The highest BCUT2D eigenvalue weighted by molar-refractivity contribution is 7.84. The number of hydrogen-bond donors (Lipinski definition) is 2. The third-order valence-corrected chi connectivity index (χ3v) is 2.93. The highest BCUT2D eigenvalue weighted by Gasteiger charge is 2.24. The fourth-order valence-corrected chi connectivity index (χ4v) is 1.85. The lowest BCUT2D eigenvalue weighted by molar-refractivity contribution is 0.122. The van der Waals surface area contributed by atoms with Crippen LogP contribution < -0.4 is 5.32 Å². The van der Waals surface area contributed by atoms with Crippen LogP contribution in [-0.4, -0.2) is 53.2 Å². The molecule has 2 N–H and O–H groups in total. The average Bonchev–Trinajstić information content (AvgIpc) is 2.45. The van der Waals surface area contributed by atoms with Crippen molar-refractivity contribution in [3.05, 3.63) is 0 Å². The molecule has 0 aromatic carbocycles. The Morgan fingerprint density at radius 3 is 2.92 bits per heavy atom. The zero-order valence-corrected chi connectivity index (χ0v) is 8.68. The minimum absolute atomic E-state index is 0.0605. The van der Waals surface area contributed by atoms with Crippen molar-refractivity contribution < 1.29 is 14.1 Å². The van der Waals surface area contributed by atoms with E-state index in [9.17, 15) is 9.32 Å². The van der Waals surface area contributed by atoms with Gasteiger partial charge in [0, 0.05) is 22.8 Å². The molecule has 0 aromatic heterocycles. The van der Waals surface area contributed by atoms with Crippen LogP contribution >= 0.6 is 0 Å². The topological polar surface area (TPSA) is 58.6 Å². The van der Waals surface area contributed by atoms with Crippen molar-refractivity contribution in [2.45, 2.75) is 18.6 Å². The van der Waals surface area contributed by atoms with Crippen molar-refractivity contribution in [1.82, 2.24) is 5.32 Å². The number of ether oxygens (including phenoxy) is 1. The van der Waals surface area contributed by atoms with Crippen molar-refractivity contribution in [2.75, 3.05) is 31.8 Å². The van der Waals surface area contributed by atoms with Gasteiger partial charge in [-0.2, -0.15) is 0 Å². The van der Waals surface area contributed by atoms with Crippen LogP contribution in [-0.2, 0) is 15.5 Å². The second-order valence-electron chi connectivity index (χ2n) is 3.30. The summed E-state index contributed by atoms with van der Waals surface area (Å²) in [7, 11) is -0.711. The molecule has 0 spiro atoms. The molecule has 1 heterocycles. The van der Waals surface area contributed by atoms with E-state index in [4.69, 9.17) is 4.74 Å². The molecule has 3 unspecified atom stereocenters. The van der Waals surface area contributed by atoms with Gasteiger partial charge in [-0.25, -0.2) is 0 Å². The smallest absolute Gasteiger partial charge is 0.0948 e. The summed E-state index contributed by atoms with van der Waals surface area (Å²) in [5.41, 5.74) is 0. The lowest BCUT2D eigenvalue weighted by atomic mass is 10.2. The van der Waals surface area contributed by atoms with Gasteiger partial charge in [0.2, 0.25) is 0 Å². The summed E-state index contributed by atoms with van der Waals surface area (Å²) < 4.78 is 15.8. The SMILES string of the molecule is CS(=O)CCCNC1COCC1O. The molecule has 1 fully saturated rings. The van der Waals surface area contributed by atoms with Gasteiger partial charge in [0.05, 0.1) is 25.4 Å². The first-order valence-corrected chi connectivity index (χ1v) is 6.22. The Labute approximate surface area is 81.1 Å². The number of aliphatic hydroxyl groups excluding tert-OH is 1. The van der Waals surface area contributed by atoms with Crippen LogP contribution in [0.5, 0.6) is 0 Å². The van der Waals surface area contributed by atoms with Gasteiger partial charge in [0.15, 0.2) is 0 Å². The third-order valence-electron chi connectivity index (χ3n) is 2.07. The fraction of sp³-hybridized carbons (Fsp3) is 1.00. The molecular formula is C8H17NO3S. The molecule has 0 aliphatic carbocycles. The highest BCUT2D eigenvalue weighted by atomic mass is 32.2. The fourth-order valence-electron chi connectivity index (χ4n) is 1.30. The summed E-state index contributed by atoms with van der Waals surface area (Å²) in [6.07, 6.45) is 2.20. The molecule has 0 saturated carbocycles. The Hall–Kier alpha value is 0.0300. The molecule has 0 aromatic rings. The molecule has 1 rings (SSSR count). The zero-order valence-electron chi connectivity index (χ0n) is 7.86. The molecule has 4 nitrogen and oxygen atoms in total. The van der Waals surface area contributed by atoms with Crippen molar-refractivity contribution in [3.8, 4) is 0 Å². The average molecular weight is 207 g/mol. The molecule has 0 bridgehead atoms. The van der Waals surface area contributed by atoms with Gasteiger partial charge in [-0.3, -0.25) is 4.21 Å². The van der Waals surface area contributed by atoms with Crippen molar-refractivity contribution in [3.63, 3.8) is 0 Å². The predicted molar refractivity (Wildman–Crippen MR) is 52.2 cm³/mol. The first-order chi connectivity index (χ1) is 6.20. The first kappa shape index (κ1) is 11.1. The molecule has 0 radical (unpaired) electrons. The van der Waals surface area contributed by atoms with Gasteiger partial charge < -0.3 is 15.2 Å². The molecular weight excluding hydrogens is 190 g/mol. The molecule has 78 valence electrons. The van der Waals surface area contributed by atoms with E-state index in [1.807, 2.05) is 0 Å². The first-order valence-electron chi connectivity index (χ1n) is 4.49. The van der Waals surface area contributed by atoms with Gasteiger partial charge in [0.25, 0.3) is 0 Å². The van der Waals surface area contributed by atoms with Crippen molar-refractivity contribution >= 4 is 10.8 Å². The molecule has 1 aliphatic rings. The summed E-state index contributed by atoms with van der Waals surface area (Å²) in [4.78, 5) is 0. The van der Waals surface area contributed by atoms with Gasteiger partial charge >= 0.3 is 0 Å². The zero-order chi connectivity index (χ0) is 9.68. The van der Waals surface area contributed by atoms with Crippen LogP contribution in [0, 0.1) is 0 Å². The van der Waals surface area contributed by atoms with Crippen molar-refractivity contribution in [2.24, 2.45) is 0 Å². The van der Waals surface area contributed by atoms with E-state index in [-0.39, 0.29) is 12.1 Å². The number of rotatable bonds is 5. The third kappa shape index (κ3) is 4.17. The van der Waals surface area contributed by atoms with Crippen LogP contribution in [0.25, 0.3) is 0 Å². The number of aliphatic hydroxyl groups is 1. The standard InChI is InChI=1S/C8H17NO3S/c1-13(11)4-2-3-9-7-5-12-6-8(7)10/h7-10H,2-6H2,1H3. The van der Waals surface area contributed by atoms with Gasteiger partial charge in [-0.1, -0.05) is 0 Å². The Morgan fingerprint density at radius 1 is 1.62 bits per heavy atom. The summed E-state index contributed by atoms with van der Waals surface area (Å²) in [6, 6.07) is 0.0605. The maximum absolute atomic E-state index is 10.7. The Bertz CT molecular complexity index is 177. The largest absolute Gasteiger partial charge is 0.389 e. The Morgan fingerprint density at radius 2 is 2.38 bits per heavy atom. The van der Waals surface area contributed by atoms with E-state index in [1.165, 1.54) is 0 Å². The van der Waals surface area contributed by atoms with E-state index in [0.29, 0.717) is 13.2 Å². The summed E-state index contributed by atoms with van der Waals surface area (Å²) in [6.45, 7) is 1.80. The maximum atomic E-state index is 10.7. The van der Waals surface area contributed by atoms with E-state index in [2.05, 4.69) is 5.32 Å². The second-order valence-corrected chi connectivity index (χ2v) is 4.85. The minimum atomic E-state index is -0.711. The van der Waals surface area contributed by atoms with E-state index in [0.717, 1.165) is 18.7 Å². The predicted octanol–water partition coefficient (Wildman–Crippen LogP) is -0.896. The highest BCUT2D eigenvalue weighted by Crippen LogP contribution is 2.04. The van der Waals surface area contributed by atoms with Crippen LogP contribution in [0.1, 0.15) is 6.42 Å². The monoisotopic (exact) mass is 207 g/mol. The second kappa shape index (κ2) is 5.70. The molecule has 0 amide bonds. The lowest BCUT2D eigenvalue weighted by Gasteiger charge is -2.13. The number of hydrogen-bond acceptors (Lipinski definition) is 4. The molecule has 5 heteroatoms. The van der Waals surface area contributed by atoms with E-state index >= 15 is 0 Å². The van der Waals surface area contributed by atoms with E-state index < -0.39 is 10.8 Å². The summed E-state index contributed by atoms with van der Waals surface area (Å²) in [5, 5.41) is 12.5. The van der Waals surface area contributed by atoms with Gasteiger partial charge in [-0.05, 0) is 13.0 Å². The van der Waals surface area contributed by atoms with Crippen LogP contribution in [0.4, 0.5) is 0 Å². The summed E-state index contributed by atoms with van der Waals surface area (Å²) in [5.74, 6) is 0.719. The molecule has 3 atom stereocenters. The number of nitrogens with one attached hydrogen (secondary N) is 1. The van der Waals surface area contributed by atoms with Crippen molar-refractivity contribution in [1.29, 1.82) is 0 Å². The Balaban J connectivity index is 2.02. The van der Waals surface area contributed by atoms with Crippen LogP contribution in [0.2, 0.25) is 0 Å². The van der Waals surface area contributed by atoms with Gasteiger partial charge in [-0.15, -0.1) is 0 Å². The normalized spacial score (nSPS) is 30.6. The Kier molecular flexibility index (Phi) is 4.87. The van der Waals surface area contributed by atoms with Crippen LogP contribution in [0.3, 0.4) is 0 Å². The van der Waals surface area contributed by atoms with Gasteiger partial charge in [0.1, 0.15) is 0 Å². The molecule has 1 saturated heterocycles. The lowest BCUT2D eigenvalue weighted by Crippen LogP contribution is -2.39. The minimum Gasteiger partial charge on any atom is -0.389 e. The van der Waals surface area contributed by atoms with Crippen LogP contribution in [0.15, 0.2) is 0 Å². The quantitative estimate of drug-likeness (QED) is 0.574. The molecule has 1 aliphatic heterocycles. The van der Waals surface area contributed by atoms with E-state index in [1.54, 1.807) is 6.26 Å². The summed E-state index contributed by atoms with van der Waals surface area (Å²) >= 11 is 0. The maximum Gasteiger partial charge on any atom is 0.0948 e.